The van der Waals surface area contributed by atoms with Gasteiger partial charge in [0.05, 0.1) is 0 Å². The van der Waals surface area contributed by atoms with Gasteiger partial charge in [-0.1, -0.05) is 25.1 Å². The molecule has 0 aliphatic carbocycles. The minimum Gasteiger partial charge on any atom is -0.488 e. The zero-order valence-corrected chi connectivity index (χ0v) is 8.38. The Hall–Kier alpha value is -0.730. The van der Waals surface area contributed by atoms with Crippen molar-refractivity contribution in [2.24, 2.45) is 5.73 Å². The van der Waals surface area contributed by atoms with Gasteiger partial charge in [0.25, 0.3) is 0 Å². The third-order valence-corrected chi connectivity index (χ3v) is 2.48. The number of hydrogen-bond donors (Lipinski definition) is 1. The summed E-state index contributed by atoms with van der Waals surface area (Å²) in [7, 11) is 0. The minimum absolute atomic E-state index is 0. The van der Waals surface area contributed by atoms with Crippen molar-refractivity contribution >= 4 is 12.4 Å². The fourth-order valence-electron chi connectivity index (χ4n) is 1.68. The first kappa shape index (κ1) is 10.4. The third-order valence-electron chi connectivity index (χ3n) is 2.48. The van der Waals surface area contributed by atoms with Gasteiger partial charge in [0.1, 0.15) is 11.9 Å². The van der Waals surface area contributed by atoms with E-state index in [1.807, 2.05) is 18.2 Å². The van der Waals surface area contributed by atoms with Crippen molar-refractivity contribution in [3.8, 4) is 5.75 Å². The summed E-state index contributed by atoms with van der Waals surface area (Å²) in [6, 6.07) is 8.14. The highest BCUT2D eigenvalue weighted by atomic mass is 35.5. The first-order valence-corrected chi connectivity index (χ1v) is 4.28. The van der Waals surface area contributed by atoms with E-state index in [9.17, 15) is 0 Å². The quantitative estimate of drug-likeness (QED) is 0.750. The van der Waals surface area contributed by atoms with Crippen LogP contribution in [0.3, 0.4) is 0 Å². The molecule has 2 N–H and O–H groups in total. The van der Waals surface area contributed by atoms with Crippen molar-refractivity contribution in [2.45, 2.75) is 18.9 Å². The summed E-state index contributed by atoms with van der Waals surface area (Å²) in [6.45, 7) is 2.75. The molecule has 1 heterocycles. The van der Waals surface area contributed by atoms with Crippen LogP contribution in [0, 0.1) is 0 Å². The van der Waals surface area contributed by atoms with Gasteiger partial charge in [-0.05, 0) is 6.07 Å². The van der Waals surface area contributed by atoms with Crippen molar-refractivity contribution in [3.63, 3.8) is 0 Å². The predicted molar refractivity (Wildman–Crippen MR) is 55.6 cm³/mol. The first-order valence-electron chi connectivity index (χ1n) is 4.28. The van der Waals surface area contributed by atoms with Crippen LogP contribution in [0.15, 0.2) is 24.3 Å². The molecule has 0 amide bonds. The second-order valence-electron chi connectivity index (χ2n) is 3.22. The van der Waals surface area contributed by atoms with Gasteiger partial charge in [-0.3, -0.25) is 0 Å². The number of nitrogens with two attached hydrogens (primary N) is 1. The first-order chi connectivity index (χ1) is 5.83. The molecule has 0 aromatic heterocycles. The molecule has 0 saturated heterocycles. The molecule has 3 heteroatoms. The molecule has 0 saturated carbocycles. The molecular weight excluding hydrogens is 186 g/mol. The Balaban J connectivity index is 0.000000845. The van der Waals surface area contributed by atoms with Gasteiger partial charge in [-0.25, -0.2) is 0 Å². The van der Waals surface area contributed by atoms with Gasteiger partial charge < -0.3 is 10.5 Å². The summed E-state index contributed by atoms with van der Waals surface area (Å²) in [5.41, 5.74) is 6.86. The average Bonchev–Trinajstić information content (AvgIpc) is 2.44. The van der Waals surface area contributed by atoms with Crippen molar-refractivity contribution in [3.05, 3.63) is 29.8 Å². The van der Waals surface area contributed by atoms with Gasteiger partial charge in [-0.15, -0.1) is 12.4 Å². The van der Waals surface area contributed by atoms with Crippen LogP contribution in [0.1, 0.15) is 18.4 Å². The second-order valence-corrected chi connectivity index (χ2v) is 3.22. The molecule has 2 unspecified atom stereocenters. The molecule has 0 fully saturated rings. The van der Waals surface area contributed by atoms with Crippen LogP contribution in [0.2, 0.25) is 0 Å². The van der Waals surface area contributed by atoms with Crippen LogP contribution in [0.4, 0.5) is 0 Å². The maximum Gasteiger partial charge on any atom is 0.123 e. The number of para-hydroxylation sites is 1. The molecule has 0 radical (unpaired) electrons. The lowest BCUT2D eigenvalue weighted by atomic mass is 9.98. The molecule has 13 heavy (non-hydrogen) atoms. The van der Waals surface area contributed by atoms with Crippen LogP contribution in [0.5, 0.6) is 5.75 Å². The number of halogens is 1. The molecule has 1 aromatic carbocycles. The third kappa shape index (κ3) is 1.64. The normalized spacial score (nSPS) is 24.5. The van der Waals surface area contributed by atoms with Crippen molar-refractivity contribution < 1.29 is 4.74 Å². The Kier molecular flexibility index (Phi) is 3.17. The number of rotatable bonds is 1. The topological polar surface area (TPSA) is 35.2 Å². The number of ether oxygens (including phenoxy) is 1. The van der Waals surface area contributed by atoms with E-state index in [2.05, 4.69) is 13.0 Å². The largest absolute Gasteiger partial charge is 0.488 e. The molecule has 1 aromatic rings. The van der Waals surface area contributed by atoms with E-state index in [1.165, 1.54) is 5.56 Å². The van der Waals surface area contributed by atoms with Gasteiger partial charge in [0.2, 0.25) is 0 Å². The molecule has 0 spiro atoms. The lowest BCUT2D eigenvalue weighted by Crippen LogP contribution is -2.26. The molecule has 1 aliphatic rings. The van der Waals surface area contributed by atoms with Crippen LogP contribution >= 0.6 is 12.4 Å². The molecule has 2 atom stereocenters. The lowest BCUT2D eigenvalue weighted by molar-refractivity contribution is 0.219. The van der Waals surface area contributed by atoms with Gasteiger partial charge in [0, 0.05) is 18.0 Å². The Bertz CT molecular complexity index is 290. The highest BCUT2D eigenvalue weighted by molar-refractivity contribution is 5.85. The predicted octanol–water partition coefficient (Wildman–Crippen LogP) is 1.93. The van der Waals surface area contributed by atoms with Crippen LogP contribution in [-0.2, 0) is 0 Å². The summed E-state index contributed by atoms with van der Waals surface area (Å²) in [6.07, 6.45) is 0.169. The second kappa shape index (κ2) is 3.99. The van der Waals surface area contributed by atoms with E-state index >= 15 is 0 Å². The maximum absolute atomic E-state index is 5.64. The lowest BCUT2D eigenvalue weighted by Gasteiger charge is -2.11. The Morgan fingerprint density at radius 1 is 1.38 bits per heavy atom. The molecule has 72 valence electrons. The molecule has 1 aliphatic heterocycles. The summed E-state index contributed by atoms with van der Waals surface area (Å²) in [5, 5.41) is 0. The van der Waals surface area contributed by atoms with E-state index in [1.54, 1.807) is 0 Å². The molecule has 0 bridgehead atoms. The van der Waals surface area contributed by atoms with Crippen molar-refractivity contribution in [1.82, 2.24) is 0 Å². The zero-order valence-electron chi connectivity index (χ0n) is 7.57. The molecule has 2 rings (SSSR count). The van der Waals surface area contributed by atoms with E-state index in [0.717, 1.165) is 5.75 Å². The summed E-state index contributed by atoms with van der Waals surface area (Å²) in [4.78, 5) is 0. The van der Waals surface area contributed by atoms with Gasteiger partial charge in [0.15, 0.2) is 0 Å². The average molecular weight is 200 g/mol. The van der Waals surface area contributed by atoms with E-state index in [4.69, 9.17) is 10.5 Å². The fourth-order valence-corrected chi connectivity index (χ4v) is 1.68. The maximum atomic E-state index is 5.64. The smallest absolute Gasteiger partial charge is 0.123 e. The molecular formula is C10H14ClNO. The van der Waals surface area contributed by atoms with Crippen molar-refractivity contribution in [1.29, 1.82) is 0 Å². The summed E-state index contributed by atoms with van der Waals surface area (Å²) in [5.74, 6) is 1.44. The highest BCUT2D eigenvalue weighted by Crippen LogP contribution is 2.36. The SMILES string of the molecule is CC1c2ccccc2OC1CN.Cl. The van der Waals surface area contributed by atoms with E-state index < -0.39 is 0 Å². The number of benzene rings is 1. The van der Waals surface area contributed by atoms with Crippen LogP contribution in [-0.4, -0.2) is 12.6 Å². The Morgan fingerprint density at radius 2 is 2.08 bits per heavy atom. The minimum atomic E-state index is 0. The Labute approximate surface area is 84.5 Å². The van der Waals surface area contributed by atoms with E-state index in [0.29, 0.717) is 12.5 Å². The van der Waals surface area contributed by atoms with Gasteiger partial charge in [-0.2, -0.15) is 0 Å². The fraction of sp³-hybridized carbons (Fsp3) is 0.400. The number of hydrogen-bond acceptors (Lipinski definition) is 2. The zero-order chi connectivity index (χ0) is 8.55. The standard InChI is InChI=1S/C10H13NO.ClH/c1-7-8-4-2-3-5-9(8)12-10(7)6-11;/h2-5,7,10H,6,11H2,1H3;1H. The summed E-state index contributed by atoms with van der Waals surface area (Å²) < 4.78 is 5.64. The van der Waals surface area contributed by atoms with Crippen molar-refractivity contribution in [2.75, 3.05) is 6.54 Å². The number of fused-ring (bicyclic) bond motifs is 1. The molecule has 2 nitrogen and oxygen atoms in total. The Morgan fingerprint density at radius 3 is 2.69 bits per heavy atom. The highest BCUT2D eigenvalue weighted by Gasteiger charge is 2.28. The van der Waals surface area contributed by atoms with Gasteiger partial charge >= 0.3 is 0 Å². The summed E-state index contributed by atoms with van der Waals surface area (Å²) >= 11 is 0. The van der Waals surface area contributed by atoms with E-state index in [-0.39, 0.29) is 18.5 Å². The van der Waals surface area contributed by atoms with Crippen LogP contribution in [0.25, 0.3) is 0 Å². The monoisotopic (exact) mass is 199 g/mol. The van der Waals surface area contributed by atoms with Crippen LogP contribution < -0.4 is 10.5 Å².